The Hall–Kier alpha value is -2.00. The van der Waals surface area contributed by atoms with E-state index in [-0.39, 0.29) is 5.92 Å². The van der Waals surface area contributed by atoms with Crippen LogP contribution in [0.4, 0.5) is 5.69 Å². The highest BCUT2D eigenvalue weighted by atomic mass is 35.5. The van der Waals surface area contributed by atoms with Crippen molar-refractivity contribution in [3.63, 3.8) is 0 Å². The Balaban J connectivity index is 1.37. The third kappa shape index (κ3) is 3.25. The van der Waals surface area contributed by atoms with Gasteiger partial charge in [0.1, 0.15) is 0 Å². The molecule has 2 unspecified atom stereocenters. The Morgan fingerprint density at radius 3 is 2.40 bits per heavy atom. The molecule has 0 radical (unpaired) electrons. The fourth-order valence-electron chi connectivity index (χ4n) is 3.91. The van der Waals surface area contributed by atoms with Gasteiger partial charge in [0.2, 0.25) is 5.91 Å². The van der Waals surface area contributed by atoms with E-state index in [9.17, 15) is 4.79 Å². The van der Waals surface area contributed by atoms with Crippen molar-refractivity contribution in [2.75, 3.05) is 31.1 Å². The van der Waals surface area contributed by atoms with Crippen LogP contribution in [0.15, 0.2) is 48.5 Å². The Morgan fingerprint density at radius 2 is 1.68 bits per heavy atom. The molecule has 2 fully saturated rings. The average Bonchev–Trinajstić information content (AvgIpc) is 3.43. The Morgan fingerprint density at radius 1 is 1.00 bits per heavy atom. The molecule has 1 saturated heterocycles. The van der Waals surface area contributed by atoms with Gasteiger partial charge in [-0.1, -0.05) is 48.0 Å². The summed E-state index contributed by atoms with van der Waals surface area (Å²) in [7, 11) is 0. The molecule has 4 heteroatoms. The minimum atomic E-state index is 0.116. The van der Waals surface area contributed by atoms with Gasteiger partial charge in [0.25, 0.3) is 0 Å². The third-order valence-corrected chi connectivity index (χ3v) is 5.80. The lowest BCUT2D eigenvalue weighted by Crippen LogP contribution is -2.49. The molecule has 2 aliphatic rings. The summed E-state index contributed by atoms with van der Waals surface area (Å²) < 4.78 is 0. The van der Waals surface area contributed by atoms with Crippen molar-refractivity contribution in [1.82, 2.24) is 4.90 Å². The number of para-hydroxylation sites is 1. The standard InChI is InChI=1S/C21H23ClN2O/c1-15-6-2-5-9-20(15)23-10-12-24(13-11-23)21(25)18-14-17(18)16-7-3-4-8-19(16)22/h2-9,17-18H,10-14H2,1H3. The van der Waals surface area contributed by atoms with Crippen LogP contribution in [-0.2, 0) is 4.79 Å². The molecule has 2 atom stereocenters. The summed E-state index contributed by atoms with van der Waals surface area (Å²) in [6.45, 7) is 5.56. The van der Waals surface area contributed by atoms with Crippen LogP contribution in [0.5, 0.6) is 0 Å². The van der Waals surface area contributed by atoms with Crippen LogP contribution in [0, 0.1) is 12.8 Å². The van der Waals surface area contributed by atoms with Crippen molar-refractivity contribution < 1.29 is 4.79 Å². The van der Waals surface area contributed by atoms with Crippen LogP contribution in [0.2, 0.25) is 5.02 Å². The number of piperazine rings is 1. The minimum Gasteiger partial charge on any atom is -0.368 e. The van der Waals surface area contributed by atoms with E-state index in [0.29, 0.717) is 11.8 Å². The zero-order chi connectivity index (χ0) is 17.4. The molecule has 0 spiro atoms. The maximum atomic E-state index is 12.8. The van der Waals surface area contributed by atoms with E-state index in [2.05, 4.69) is 42.2 Å². The fraction of sp³-hybridized carbons (Fsp3) is 0.381. The van der Waals surface area contributed by atoms with Crippen molar-refractivity contribution >= 4 is 23.2 Å². The molecular formula is C21H23ClN2O. The van der Waals surface area contributed by atoms with Gasteiger partial charge in [0.05, 0.1) is 0 Å². The summed E-state index contributed by atoms with van der Waals surface area (Å²) in [5.74, 6) is 0.717. The van der Waals surface area contributed by atoms with E-state index in [4.69, 9.17) is 11.6 Å². The SMILES string of the molecule is Cc1ccccc1N1CCN(C(=O)C2CC2c2ccccc2Cl)CC1. The lowest BCUT2D eigenvalue weighted by atomic mass is 10.1. The number of carbonyl (C=O) groups is 1. The normalized spacial score (nSPS) is 22.8. The van der Waals surface area contributed by atoms with Crippen molar-refractivity contribution in [1.29, 1.82) is 0 Å². The first-order valence-electron chi connectivity index (χ1n) is 8.99. The van der Waals surface area contributed by atoms with Gasteiger partial charge in [0, 0.05) is 42.8 Å². The highest BCUT2D eigenvalue weighted by molar-refractivity contribution is 6.31. The number of anilines is 1. The number of halogens is 1. The van der Waals surface area contributed by atoms with E-state index in [0.717, 1.165) is 43.2 Å². The molecule has 1 aliphatic heterocycles. The quantitative estimate of drug-likeness (QED) is 0.828. The lowest BCUT2D eigenvalue weighted by Gasteiger charge is -2.37. The first kappa shape index (κ1) is 16.5. The highest BCUT2D eigenvalue weighted by Gasteiger charge is 2.46. The van der Waals surface area contributed by atoms with Crippen LogP contribution < -0.4 is 4.90 Å². The molecule has 2 aromatic carbocycles. The number of aryl methyl sites for hydroxylation is 1. The van der Waals surface area contributed by atoms with Gasteiger partial charge in [0.15, 0.2) is 0 Å². The zero-order valence-corrected chi connectivity index (χ0v) is 15.2. The number of amides is 1. The number of rotatable bonds is 3. The molecule has 0 N–H and O–H groups in total. The number of hydrogen-bond donors (Lipinski definition) is 0. The third-order valence-electron chi connectivity index (χ3n) is 5.46. The molecule has 3 nitrogen and oxygen atoms in total. The molecule has 1 aliphatic carbocycles. The second-order valence-corrected chi connectivity index (χ2v) is 7.48. The number of benzene rings is 2. The summed E-state index contributed by atoms with van der Waals surface area (Å²) in [5, 5.41) is 0.784. The molecule has 0 bridgehead atoms. The van der Waals surface area contributed by atoms with Gasteiger partial charge >= 0.3 is 0 Å². The van der Waals surface area contributed by atoms with E-state index < -0.39 is 0 Å². The molecular weight excluding hydrogens is 332 g/mol. The number of carbonyl (C=O) groups excluding carboxylic acids is 1. The van der Waals surface area contributed by atoms with Gasteiger partial charge in [-0.05, 0) is 42.5 Å². The molecule has 1 saturated carbocycles. The van der Waals surface area contributed by atoms with Crippen LogP contribution in [0.3, 0.4) is 0 Å². The van der Waals surface area contributed by atoms with E-state index in [1.54, 1.807) is 0 Å². The van der Waals surface area contributed by atoms with Crippen molar-refractivity contribution in [2.45, 2.75) is 19.3 Å². The molecule has 2 aromatic rings. The van der Waals surface area contributed by atoms with E-state index in [1.165, 1.54) is 11.3 Å². The van der Waals surface area contributed by atoms with Gasteiger partial charge in [-0.2, -0.15) is 0 Å². The Kier molecular flexibility index (Phi) is 4.43. The monoisotopic (exact) mass is 354 g/mol. The Labute approximate surface area is 154 Å². The maximum absolute atomic E-state index is 12.8. The molecule has 4 rings (SSSR count). The lowest BCUT2D eigenvalue weighted by molar-refractivity contribution is -0.132. The van der Waals surface area contributed by atoms with Gasteiger partial charge in [-0.25, -0.2) is 0 Å². The fourth-order valence-corrected chi connectivity index (χ4v) is 4.18. The van der Waals surface area contributed by atoms with Crippen molar-refractivity contribution in [2.24, 2.45) is 5.92 Å². The van der Waals surface area contributed by atoms with Gasteiger partial charge in [-0.3, -0.25) is 4.79 Å². The summed E-state index contributed by atoms with van der Waals surface area (Å²) in [5.41, 5.74) is 3.71. The molecule has 1 amide bonds. The molecule has 0 aromatic heterocycles. The number of hydrogen-bond acceptors (Lipinski definition) is 2. The zero-order valence-electron chi connectivity index (χ0n) is 14.5. The highest BCUT2D eigenvalue weighted by Crippen LogP contribution is 2.50. The first-order valence-corrected chi connectivity index (χ1v) is 9.37. The van der Waals surface area contributed by atoms with E-state index >= 15 is 0 Å². The van der Waals surface area contributed by atoms with Crippen LogP contribution in [0.1, 0.15) is 23.5 Å². The van der Waals surface area contributed by atoms with Gasteiger partial charge < -0.3 is 9.80 Å². The maximum Gasteiger partial charge on any atom is 0.226 e. The average molecular weight is 355 g/mol. The van der Waals surface area contributed by atoms with Crippen molar-refractivity contribution in [3.8, 4) is 0 Å². The summed E-state index contributed by atoms with van der Waals surface area (Å²) in [4.78, 5) is 17.3. The van der Waals surface area contributed by atoms with Crippen molar-refractivity contribution in [3.05, 3.63) is 64.7 Å². The predicted octanol–water partition coefficient (Wildman–Crippen LogP) is 4.10. The predicted molar refractivity (Wildman–Crippen MR) is 102 cm³/mol. The summed E-state index contributed by atoms with van der Waals surface area (Å²) in [6, 6.07) is 16.4. The summed E-state index contributed by atoms with van der Waals surface area (Å²) >= 11 is 6.29. The van der Waals surface area contributed by atoms with E-state index in [1.807, 2.05) is 23.1 Å². The second-order valence-electron chi connectivity index (χ2n) is 7.07. The van der Waals surface area contributed by atoms with Crippen LogP contribution >= 0.6 is 11.6 Å². The first-order chi connectivity index (χ1) is 12.1. The van der Waals surface area contributed by atoms with Gasteiger partial charge in [-0.15, -0.1) is 0 Å². The van der Waals surface area contributed by atoms with Crippen LogP contribution in [-0.4, -0.2) is 37.0 Å². The molecule has 1 heterocycles. The molecule has 25 heavy (non-hydrogen) atoms. The molecule has 130 valence electrons. The van der Waals surface area contributed by atoms with Crippen LogP contribution in [0.25, 0.3) is 0 Å². The largest absolute Gasteiger partial charge is 0.368 e. The topological polar surface area (TPSA) is 23.6 Å². The minimum absolute atomic E-state index is 0.116. The smallest absolute Gasteiger partial charge is 0.226 e. The summed E-state index contributed by atoms with van der Waals surface area (Å²) in [6.07, 6.45) is 0.931. The number of nitrogens with zero attached hydrogens (tertiary/aromatic N) is 2. The Bertz CT molecular complexity index is 783. The second kappa shape index (κ2) is 6.72.